The van der Waals surface area contributed by atoms with Gasteiger partial charge in [-0.05, 0) is 116 Å². The molecule has 16 heteroatoms. The molecule has 0 aliphatic carbocycles. The molecule has 0 aliphatic rings. The summed E-state index contributed by atoms with van der Waals surface area (Å²) in [6.45, 7) is 0.921. The van der Waals surface area contributed by atoms with Crippen LogP contribution in [0.4, 0.5) is 26.3 Å². The maximum absolute atomic E-state index is 12.9. The third-order valence-electron chi connectivity index (χ3n) is 9.72. The number of benzene rings is 6. The van der Waals surface area contributed by atoms with E-state index < -0.39 is 35.4 Å². The second kappa shape index (κ2) is 23.8. The average molecular weight is 919 g/mol. The Morgan fingerprint density at radius 2 is 0.833 bits per heavy atom. The van der Waals surface area contributed by atoms with E-state index in [4.69, 9.17) is 29.2 Å². The fourth-order valence-corrected chi connectivity index (χ4v) is 6.44. The van der Waals surface area contributed by atoms with Gasteiger partial charge in [-0.1, -0.05) is 66.7 Å². The van der Waals surface area contributed by atoms with Crippen molar-refractivity contribution in [3.8, 4) is 34.5 Å². The summed E-state index contributed by atoms with van der Waals surface area (Å²) >= 11 is 0. The molecular weight excluding hydrogens is 871 g/mol. The van der Waals surface area contributed by atoms with Gasteiger partial charge in [0.2, 0.25) is 0 Å². The molecule has 2 N–H and O–H groups in total. The number of carboxylic acid groups (broad SMARTS) is 2. The predicted molar refractivity (Wildman–Crippen MR) is 235 cm³/mol. The van der Waals surface area contributed by atoms with Crippen LogP contribution in [0.5, 0.6) is 34.5 Å². The van der Waals surface area contributed by atoms with Gasteiger partial charge in [-0.2, -0.15) is 26.3 Å². The number of hydrogen-bond donors (Lipinski definition) is 2. The van der Waals surface area contributed by atoms with E-state index in [0.717, 1.165) is 35.4 Å². The third-order valence-corrected chi connectivity index (χ3v) is 9.72. The first-order valence-corrected chi connectivity index (χ1v) is 20.6. The van der Waals surface area contributed by atoms with E-state index in [-0.39, 0.29) is 31.0 Å². The second-order valence-corrected chi connectivity index (χ2v) is 15.1. The highest BCUT2D eigenvalue weighted by Crippen LogP contribution is 2.35. The number of rotatable bonds is 20. The highest BCUT2D eigenvalue weighted by Gasteiger charge is 2.31. The van der Waals surface area contributed by atoms with Gasteiger partial charge in [-0.15, -0.1) is 0 Å². The summed E-state index contributed by atoms with van der Waals surface area (Å²) in [5.74, 6) is 0.566. The lowest BCUT2D eigenvalue weighted by Gasteiger charge is -2.22. The number of alkyl halides is 6. The average Bonchev–Trinajstić information content (AvgIpc) is 3.28. The summed E-state index contributed by atoms with van der Waals surface area (Å²) in [5, 5.41) is 17.9. The zero-order valence-electron chi connectivity index (χ0n) is 35.9. The Balaban J connectivity index is 0.000000247. The Kier molecular flexibility index (Phi) is 18.0. The molecule has 0 bridgehead atoms. The Morgan fingerprint density at radius 1 is 0.470 bits per heavy atom. The van der Waals surface area contributed by atoms with Crippen LogP contribution in [0.1, 0.15) is 47.3 Å². The van der Waals surface area contributed by atoms with E-state index in [0.29, 0.717) is 54.7 Å². The predicted octanol–water partition coefficient (Wildman–Crippen LogP) is 12.0. The van der Waals surface area contributed by atoms with Crippen molar-refractivity contribution in [1.29, 1.82) is 0 Å². The second-order valence-electron chi connectivity index (χ2n) is 15.1. The van der Waals surface area contributed by atoms with Crippen LogP contribution in [0.2, 0.25) is 0 Å². The first-order chi connectivity index (χ1) is 31.4. The van der Waals surface area contributed by atoms with Gasteiger partial charge in [0.1, 0.15) is 46.7 Å². The van der Waals surface area contributed by atoms with E-state index in [1.54, 1.807) is 72.4 Å². The van der Waals surface area contributed by atoms with Crippen LogP contribution in [-0.4, -0.2) is 72.2 Å². The lowest BCUT2D eigenvalue weighted by molar-refractivity contribution is -0.139. The fourth-order valence-electron chi connectivity index (χ4n) is 6.44. The molecule has 0 spiro atoms. The lowest BCUT2D eigenvalue weighted by Crippen LogP contribution is -2.28. The van der Waals surface area contributed by atoms with Crippen LogP contribution in [-0.2, 0) is 21.9 Å². The number of halogens is 6. The Labute approximate surface area is 378 Å². The molecular formula is C50H48F6N2O8. The number of nitrogens with zero attached hydrogens (tertiary/aromatic N) is 2. The molecule has 2 unspecified atom stereocenters. The Bertz CT molecular complexity index is 2400. The number of aliphatic carboxylic acids is 2. The molecule has 2 atom stereocenters. The molecule has 0 aliphatic heterocycles. The summed E-state index contributed by atoms with van der Waals surface area (Å²) < 4.78 is 100. The van der Waals surface area contributed by atoms with E-state index in [1.807, 2.05) is 60.7 Å². The highest BCUT2D eigenvalue weighted by atomic mass is 19.4. The molecule has 0 fully saturated rings. The molecule has 6 aromatic rings. The van der Waals surface area contributed by atoms with E-state index in [9.17, 15) is 35.9 Å². The zero-order valence-corrected chi connectivity index (χ0v) is 35.9. The fraction of sp³-hybridized carbons (Fsp3) is 0.240. The molecule has 348 valence electrons. The quantitative estimate of drug-likeness (QED) is 0.0717. The minimum atomic E-state index is -4.44. The molecule has 10 nitrogen and oxygen atoms in total. The topological polar surface area (TPSA) is 118 Å². The van der Waals surface area contributed by atoms with Crippen molar-refractivity contribution in [2.75, 3.05) is 40.3 Å². The van der Waals surface area contributed by atoms with Gasteiger partial charge in [-0.25, -0.2) is 0 Å². The molecule has 0 amide bonds. The standard InChI is InChI=1S/2C25H24F3NO4/c1-29(17-24(30)31)15-14-23(18-6-3-2-4-7-18)33-21-12-10-20(11-13-21)32-22-9-5-8-19(16-22)25(26,27)28;1-29(17-24(30)31)16-15-23(18-5-3-2-4-6-18)33-22-13-11-21(12-14-22)32-20-9-7-19(8-10-20)25(26,27)28/h2-13,16,23H,14-15,17H2,1H3,(H,30,31);2-14,23H,15-17H2,1H3,(H,30,31). The first-order valence-electron chi connectivity index (χ1n) is 20.6. The molecule has 6 aromatic carbocycles. The van der Waals surface area contributed by atoms with Crippen molar-refractivity contribution in [3.63, 3.8) is 0 Å². The van der Waals surface area contributed by atoms with Crippen molar-refractivity contribution < 1.29 is 65.1 Å². The summed E-state index contributed by atoms with van der Waals surface area (Å²) in [6.07, 6.45) is -8.28. The number of likely N-dealkylation sites (N-methyl/N-ethyl adjacent to an activating group) is 2. The van der Waals surface area contributed by atoms with E-state index in [2.05, 4.69) is 0 Å². The minimum Gasteiger partial charge on any atom is -0.486 e. The third kappa shape index (κ3) is 16.8. The number of ether oxygens (including phenoxy) is 4. The van der Waals surface area contributed by atoms with Gasteiger partial charge < -0.3 is 29.2 Å². The lowest BCUT2D eigenvalue weighted by atomic mass is 10.1. The van der Waals surface area contributed by atoms with E-state index >= 15 is 0 Å². The van der Waals surface area contributed by atoms with Crippen molar-refractivity contribution in [3.05, 3.63) is 180 Å². The molecule has 0 radical (unpaired) electrons. The van der Waals surface area contributed by atoms with Gasteiger partial charge in [0.05, 0.1) is 24.2 Å². The molecule has 0 saturated heterocycles. The maximum Gasteiger partial charge on any atom is 0.416 e. The molecule has 0 saturated carbocycles. The molecule has 66 heavy (non-hydrogen) atoms. The normalized spacial score (nSPS) is 12.4. The van der Waals surface area contributed by atoms with Gasteiger partial charge in [0.15, 0.2) is 0 Å². The minimum absolute atomic E-state index is 0.0580. The van der Waals surface area contributed by atoms with Crippen LogP contribution < -0.4 is 18.9 Å². The highest BCUT2D eigenvalue weighted by molar-refractivity contribution is 5.69. The van der Waals surface area contributed by atoms with Gasteiger partial charge in [-0.3, -0.25) is 19.4 Å². The van der Waals surface area contributed by atoms with E-state index in [1.165, 1.54) is 24.3 Å². The SMILES string of the molecule is CN(CCC(Oc1ccc(Oc2ccc(C(F)(F)F)cc2)cc1)c1ccccc1)CC(=O)O.CN(CCC(Oc1ccc(Oc2cccc(C(F)(F)F)c2)cc1)c1ccccc1)CC(=O)O. The Morgan fingerprint density at radius 3 is 1.21 bits per heavy atom. The summed E-state index contributed by atoms with van der Waals surface area (Å²) in [5.41, 5.74) is 0.398. The number of hydrogen-bond acceptors (Lipinski definition) is 8. The van der Waals surface area contributed by atoms with Gasteiger partial charge in [0.25, 0.3) is 0 Å². The van der Waals surface area contributed by atoms with Crippen LogP contribution >= 0.6 is 0 Å². The Hall–Kier alpha value is -7.04. The molecule has 6 rings (SSSR count). The largest absolute Gasteiger partial charge is 0.486 e. The smallest absolute Gasteiger partial charge is 0.416 e. The first kappa shape index (κ1) is 50.0. The number of carbonyl (C=O) groups is 2. The van der Waals surface area contributed by atoms with Crippen LogP contribution in [0.25, 0.3) is 0 Å². The molecule has 0 heterocycles. The van der Waals surface area contributed by atoms with Crippen molar-refractivity contribution >= 4 is 11.9 Å². The van der Waals surface area contributed by atoms with Crippen molar-refractivity contribution in [2.45, 2.75) is 37.4 Å². The summed E-state index contributed by atoms with van der Waals surface area (Å²) in [6, 6.07) is 41.8. The summed E-state index contributed by atoms with van der Waals surface area (Å²) in [7, 11) is 3.47. The maximum atomic E-state index is 12.9. The summed E-state index contributed by atoms with van der Waals surface area (Å²) in [4.78, 5) is 25.2. The van der Waals surface area contributed by atoms with Gasteiger partial charge >= 0.3 is 24.3 Å². The van der Waals surface area contributed by atoms with Crippen LogP contribution in [0.15, 0.2) is 158 Å². The van der Waals surface area contributed by atoms with Gasteiger partial charge in [0, 0.05) is 25.9 Å². The van der Waals surface area contributed by atoms with Crippen molar-refractivity contribution in [2.24, 2.45) is 0 Å². The molecule has 0 aromatic heterocycles. The van der Waals surface area contributed by atoms with Crippen LogP contribution in [0, 0.1) is 0 Å². The number of carboxylic acids is 2. The monoisotopic (exact) mass is 918 g/mol. The van der Waals surface area contributed by atoms with Crippen LogP contribution in [0.3, 0.4) is 0 Å². The van der Waals surface area contributed by atoms with Crippen molar-refractivity contribution in [1.82, 2.24) is 9.80 Å². The zero-order chi connectivity index (χ0) is 47.7.